The van der Waals surface area contributed by atoms with Gasteiger partial charge in [-0.25, -0.2) is 0 Å². The molecule has 1 atom stereocenters. The monoisotopic (exact) mass is 421 g/mol. The maximum Gasteiger partial charge on any atom is 0.192 e. The Morgan fingerprint density at radius 2 is 2.04 bits per heavy atom. The van der Waals surface area contributed by atoms with Crippen LogP contribution in [0.5, 0.6) is 0 Å². The second-order valence-corrected chi connectivity index (χ2v) is 8.33. The summed E-state index contributed by atoms with van der Waals surface area (Å²) in [6.07, 6.45) is 0. The lowest BCUT2D eigenvalue weighted by molar-refractivity contribution is 0.0994. The molecule has 0 spiro atoms. The zero-order valence-electron chi connectivity index (χ0n) is 13.3. The van der Waals surface area contributed by atoms with E-state index in [1.807, 2.05) is 48.7 Å². The Hall–Kier alpha value is -1.44. The highest BCUT2D eigenvalue weighted by Gasteiger charge is 2.21. The lowest BCUT2D eigenvalue weighted by Gasteiger charge is -2.11. The molecule has 0 aliphatic rings. The lowest BCUT2D eigenvalue weighted by atomic mass is 10.1. The molecule has 0 fully saturated rings. The molecule has 0 bridgehead atoms. The van der Waals surface area contributed by atoms with Crippen molar-refractivity contribution in [1.29, 1.82) is 0 Å². The lowest BCUT2D eigenvalue weighted by Crippen LogP contribution is -2.14. The van der Waals surface area contributed by atoms with Gasteiger partial charge < -0.3 is 4.57 Å². The number of ketones is 1. The summed E-state index contributed by atoms with van der Waals surface area (Å²) < 4.78 is 3.02. The number of nitrogens with zero attached hydrogens (tertiary/aromatic N) is 3. The molecule has 124 valence electrons. The quantitative estimate of drug-likeness (QED) is 0.407. The molecule has 0 amide bonds. The molecule has 0 saturated carbocycles. The molecule has 0 aliphatic heterocycles. The van der Waals surface area contributed by atoms with Crippen molar-refractivity contribution in [3.05, 3.63) is 51.8 Å². The number of hydrogen-bond donors (Lipinski definition) is 0. The Bertz CT molecular complexity index is 828. The van der Waals surface area contributed by atoms with Crippen LogP contribution < -0.4 is 0 Å². The predicted molar refractivity (Wildman–Crippen MR) is 103 cm³/mol. The van der Waals surface area contributed by atoms with Crippen LogP contribution in [0.2, 0.25) is 0 Å². The summed E-state index contributed by atoms with van der Waals surface area (Å²) in [4.78, 5) is 13.7. The summed E-state index contributed by atoms with van der Waals surface area (Å²) in [6.45, 7) is 4.74. The molecule has 0 unspecified atom stereocenters. The van der Waals surface area contributed by atoms with Crippen molar-refractivity contribution in [1.82, 2.24) is 14.8 Å². The van der Waals surface area contributed by atoms with Crippen molar-refractivity contribution >= 4 is 44.8 Å². The molecule has 0 radical (unpaired) electrons. The highest BCUT2D eigenvalue weighted by molar-refractivity contribution is 9.10. The summed E-state index contributed by atoms with van der Waals surface area (Å²) in [5.41, 5.74) is 0.708. The SMILES string of the molecule is CCn1c(S[C@@H](C)C(=O)c2ccc(Br)cc2)nnc1-c1cccs1. The van der Waals surface area contributed by atoms with E-state index in [2.05, 4.69) is 37.6 Å². The first-order valence-corrected chi connectivity index (χ1v) is 10.1. The third kappa shape index (κ3) is 3.63. The molecular formula is C17H16BrN3OS2. The van der Waals surface area contributed by atoms with Gasteiger partial charge in [0.15, 0.2) is 16.8 Å². The second kappa shape index (κ2) is 7.63. The Morgan fingerprint density at radius 1 is 1.29 bits per heavy atom. The van der Waals surface area contributed by atoms with E-state index in [0.717, 1.165) is 26.9 Å². The molecule has 1 aromatic carbocycles. The van der Waals surface area contributed by atoms with Gasteiger partial charge in [0.1, 0.15) is 0 Å². The predicted octanol–water partition coefficient (Wildman–Crippen LogP) is 5.15. The summed E-state index contributed by atoms with van der Waals surface area (Å²) in [5, 5.41) is 11.2. The summed E-state index contributed by atoms with van der Waals surface area (Å²) in [5.74, 6) is 0.953. The zero-order chi connectivity index (χ0) is 17.1. The Balaban J connectivity index is 1.80. The number of halogens is 1. The van der Waals surface area contributed by atoms with Crippen molar-refractivity contribution in [2.24, 2.45) is 0 Å². The molecule has 24 heavy (non-hydrogen) atoms. The molecule has 3 aromatic rings. The number of benzene rings is 1. The number of thioether (sulfide) groups is 1. The number of hydrogen-bond acceptors (Lipinski definition) is 5. The van der Waals surface area contributed by atoms with E-state index < -0.39 is 0 Å². The number of Topliss-reactive ketones (excluding diaryl/α,β-unsaturated/α-hetero) is 1. The summed E-state index contributed by atoms with van der Waals surface area (Å²) in [7, 11) is 0. The molecule has 0 aliphatic carbocycles. The standard InChI is InChI=1S/C17H16BrN3OS2/c1-3-21-16(14-5-4-10-23-14)19-20-17(21)24-11(2)15(22)12-6-8-13(18)9-7-12/h4-11H,3H2,1-2H3/t11-/m0/s1. The minimum Gasteiger partial charge on any atom is -0.302 e. The number of aromatic nitrogens is 3. The maximum atomic E-state index is 12.6. The van der Waals surface area contributed by atoms with Crippen molar-refractivity contribution in [3.63, 3.8) is 0 Å². The van der Waals surface area contributed by atoms with Gasteiger partial charge in [-0.1, -0.05) is 45.9 Å². The largest absolute Gasteiger partial charge is 0.302 e. The van der Waals surface area contributed by atoms with Gasteiger partial charge in [0.25, 0.3) is 0 Å². The third-order valence-corrected chi connectivity index (χ3v) is 6.03. The van der Waals surface area contributed by atoms with Crippen molar-refractivity contribution in [2.75, 3.05) is 0 Å². The molecule has 4 nitrogen and oxygen atoms in total. The molecule has 0 N–H and O–H groups in total. The molecule has 7 heteroatoms. The van der Waals surface area contributed by atoms with Crippen LogP contribution in [-0.2, 0) is 6.54 Å². The van der Waals surface area contributed by atoms with Gasteiger partial charge in [-0.05, 0) is 37.4 Å². The first-order valence-electron chi connectivity index (χ1n) is 7.53. The van der Waals surface area contributed by atoms with Crippen molar-refractivity contribution in [3.8, 4) is 10.7 Å². The van der Waals surface area contributed by atoms with Crippen LogP contribution in [0.25, 0.3) is 10.7 Å². The highest BCUT2D eigenvalue weighted by atomic mass is 79.9. The number of rotatable bonds is 6. The van der Waals surface area contributed by atoms with Crippen molar-refractivity contribution < 1.29 is 4.79 Å². The fourth-order valence-electron chi connectivity index (χ4n) is 2.31. The van der Waals surface area contributed by atoms with E-state index in [1.165, 1.54) is 11.8 Å². The molecule has 2 aromatic heterocycles. The van der Waals surface area contributed by atoms with Gasteiger partial charge in [0.2, 0.25) is 0 Å². The van der Waals surface area contributed by atoms with Crippen LogP contribution >= 0.6 is 39.0 Å². The van der Waals surface area contributed by atoms with Gasteiger partial charge in [-0.15, -0.1) is 21.5 Å². The van der Waals surface area contributed by atoms with E-state index in [1.54, 1.807) is 11.3 Å². The fourth-order valence-corrected chi connectivity index (χ4v) is 4.28. The molecular weight excluding hydrogens is 406 g/mol. The van der Waals surface area contributed by atoms with E-state index >= 15 is 0 Å². The number of thiophene rings is 1. The molecule has 0 saturated heterocycles. The van der Waals surface area contributed by atoms with E-state index in [-0.39, 0.29) is 11.0 Å². The van der Waals surface area contributed by atoms with E-state index in [0.29, 0.717) is 5.56 Å². The number of carbonyl (C=O) groups is 1. The highest BCUT2D eigenvalue weighted by Crippen LogP contribution is 2.30. The van der Waals surface area contributed by atoms with Crippen LogP contribution in [0.1, 0.15) is 24.2 Å². The maximum absolute atomic E-state index is 12.6. The summed E-state index contributed by atoms with van der Waals surface area (Å²) in [6, 6.07) is 11.5. The van der Waals surface area contributed by atoms with Gasteiger partial charge >= 0.3 is 0 Å². The average Bonchev–Trinajstić information content (AvgIpc) is 3.23. The molecule has 2 heterocycles. The van der Waals surface area contributed by atoms with Crippen LogP contribution in [0.15, 0.2) is 51.4 Å². The third-order valence-electron chi connectivity index (χ3n) is 3.55. The first kappa shape index (κ1) is 17.4. The Labute approximate surface area is 157 Å². The van der Waals surface area contributed by atoms with Crippen molar-refractivity contribution in [2.45, 2.75) is 30.8 Å². The smallest absolute Gasteiger partial charge is 0.192 e. The first-order chi connectivity index (χ1) is 11.6. The summed E-state index contributed by atoms with van der Waals surface area (Å²) >= 11 is 6.48. The Kier molecular flexibility index (Phi) is 5.53. The van der Waals surface area contributed by atoms with Crippen LogP contribution in [-0.4, -0.2) is 25.8 Å². The van der Waals surface area contributed by atoms with Crippen LogP contribution in [0.4, 0.5) is 0 Å². The van der Waals surface area contributed by atoms with Crippen LogP contribution in [0, 0.1) is 0 Å². The fraction of sp³-hybridized carbons (Fsp3) is 0.235. The van der Waals surface area contributed by atoms with E-state index in [4.69, 9.17) is 0 Å². The van der Waals surface area contributed by atoms with Gasteiger partial charge in [0.05, 0.1) is 10.1 Å². The second-order valence-electron chi connectivity index (χ2n) is 5.16. The van der Waals surface area contributed by atoms with Gasteiger partial charge in [-0.3, -0.25) is 4.79 Å². The van der Waals surface area contributed by atoms with Crippen LogP contribution in [0.3, 0.4) is 0 Å². The van der Waals surface area contributed by atoms with Gasteiger partial charge in [0, 0.05) is 16.6 Å². The minimum absolute atomic E-state index is 0.0934. The van der Waals surface area contributed by atoms with E-state index in [9.17, 15) is 4.79 Å². The Morgan fingerprint density at radius 3 is 2.67 bits per heavy atom. The van der Waals surface area contributed by atoms with Gasteiger partial charge in [-0.2, -0.15) is 0 Å². The normalized spacial score (nSPS) is 12.3. The topological polar surface area (TPSA) is 47.8 Å². The average molecular weight is 422 g/mol. The number of carbonyl (C=O) groups excluding carboxylic acids is 1. The minimum atomic E-state index is -0.225. The molecule has 3 rings (SSSR count). The zero-order valence-corrected chi connectivity index (χ0v) is 16.5.